The van der Waals surface area contributed by atoms with Gasteiger partial charge in [0, 0.05) is 44.0 Å². The topological polar surface area (TPSA) is 116 Å². The molecule has 2 aromatic carbocycles. The monoisotopic (exact) mass is 472 g/mol. The average Bonchev–Trinajstić information content (AvgIpc) is 2.82. The van der Waals surface area contributed by atoms with E-state index in [2.05, 4.69) is 10.6 Å². The molecule has 0 aliphatic carbocycles. The second-order valence-electron chi connectivity index (χ2n) is 7.98. The molecule has 0 saturated carbocycles. The summed E-state index contributed by atoms with van der Waals surface area (Å²) in [6.07, 6.45) is 3.11. The third-order valence-electron chi connectivity index (χ3n) is 5.32. The van der Waals surface area contributed by atoms with Gasteiger partial charge >= 0.3 is 0 Å². The molecule has 0 atom stereocenters. The molecular formula is C23H28N4O5S. The van der Waals surface area contributed by atoms with E-state index >= 15 is 0 Å². The number of likely N-dealkylation sites (tertiary alicyclic amines) is 1. The summed E-state index contributed by atoms with van der Waals surface area (Å²) >= 11 is 0. The molecule has 2 N–H and O–H groups in total. The van der Waals surface area contributed by atoms with Crippen LogP contribution in [0.25, 0.3) is 0 Å². The van der Waals surface area contributed by atoms with Crippen molar-refractivity contribution in [3.8, 4) is 0 Å². The van der Waals surface area contributed by atoms with Crippen LogP contribution in [0.3, 0.4) is 0 Å². The van der Waals surface area contributed by atoms with Crippen molar-refractivity contribution >= 4 is 33.4 Å². The maximum atomic E-state index is 12.7. The molecule has 1 heterocycles. The first-order valence-electron chi connectivity index (χ1n) is 10.7. The van der Waals surface area contributed by atoms with Gasteiger partial charge in [0.25, 0.3) is 11.8 Å². The minimum absolute atomic E-state index is 0.0141. The van der Waals surface area contributed by atoms with E-state index in [1.54, 1.807) is 24.3 Å². The van der Waals surface area contributed by atoms with Crippen molar-refractivity contribution in [1.29, 1.82) is 0 Å². The SMILES string of the molecule is CN(C)S(=O)(=O)c1cccc(C(=O)NCC(=O)Nc2cccc(C(=O)N3CCCCC3)c2)c1. The first-order chi connectivity index (χ1) is 15.7. The van der Waals surface area contributed by atoms with Crippen molar-refractivity contribution < 1.29 is 22.8 Å². The molecule has 3 rings (SSSR count). The highest BCUT2D eigenvalue weighted by molar-refractivity contribution is 7.89. The lowest BCUT2D eigenvalue weighted by atomic mass is 10.1. The zero-order valence-corrected chi connectivity index (χ0v) is 19.5. The Morgan fingerprint density at radius 2 is 1.61 bits per heavy atom. The minimum atomic E-state index is -3.68. The number of nitrogens with zero attached hydrogens (tertiary/aromatic N) is 2. The normalized spacial score (nSPS) is 14.1. The molecule has 0 bridgehead atoms. The minimum Gasteiger partial charge on any atom is -0.343 e. The van der Waals surface area contributed by atoms with E-state index in [0.717, 1.165) is 36.7 Å². The Hall–Kier alpha value is -3.24. The number of anilines is 1. The van der Waals surface area contributed by atoms with Crippen molar-refractivity contribution in [3.05, 3.63) is 59.7 Å². The molecule has 0 spiro atoms. The third-order valence-corrected chi connectivity index (χ3v) is 7.13. The first kappa shape index (κ1) is 24.4. The molecule has 1 saturated heterocycles. The van der Waals surface area contributed by atoms with Gasteiger partial charge in [-0.25, -0.2) is 12.7 Å². The van der Waals surface area contributed by atoms with Crippen LogP contribution in [0.15, 0.2) is 53.4 Å². The molecule has 0 unspecified atom stereocenters. The first-order valence-corrected chi connectivity index (χ1v) is 12.1. The number of amides is 3. The van der Waals surface area contributed by atoms with E-state index in [0.29, 0.717) is 11.3 Å². The van der Waals surface area contributed by atoms with Crippen molar-refractivity contribution in [2.24, 2.45) is 0 Å². The number of hydrogen-bond donors (Lipinski definition) is 2. The molecule has 10 heteroatoms. The summed E-state index contributed by atoms with van der Waals surface area (Å²) in [5.74, 6) is -1.11. The highest BCUT2D eigenvalue weighted by atomic mass is 32.2. The second-order valence-corrected chi connectivity index (χ2v) is 10.1. The van der Waals surface area contributed by atoms with Crippen LogP contribution in [0, 0.1) is 0 Å². The van der Waals surface area contributed by atoms with Crippen LogP contribution in [0.4, 0.5) is 5.69 Å². The van der Waals surface area contributed by atoms with Gasteiger partial charge in [-0.1, -0.05) is 12.1 Å². The fourth-order valence-corrected chi connectivity index (χ4v) is 4.43. The number of sulfonamides is 1. The van der Waals surface area contributed by atoms with E-state index in [1.807, 2.05) is 4.90 Å². The molecule has 33 heavy (non-hydrogen) atoms. The summed E-state index contributed by atoms with van der Waals surface area (Å²) in [5, 5.41) is 5.15. The van der Waals surface area contributed by atoms with Crippen LogP contribution in [0.2, 0.25) is 0 Å². The molecule has 1 aliphatic heterocycles. The smallest absolute Gasteiger partial charge is 0.253 e. The number of carbonyl (C=O) groups excluding carboxylic acids is 3. The summed E-state index contributed by atoms with van der Waals surface area (Å²) in [4.78, 5) is 39.2. The summed E-state index contributed by atoms with van der Waals surface area (Å²) in [6.45, 7) is 1.16. The van der Waals surface area contributed by atoms with Gasteiger partial charge in [-0.3, -0.25) is 14.4 Å². The van der Waals surface area contributed by atoms with Gasteiger partial charge in [0.1, 0.15) is 0 Å². The Balaban J connectivity index is 1.59. The number of rotatable bonds is 7. The predicted molar refractivity (Wildman–Crippen MR) is 124 cm³/mol. The van der Waals surface area contributed by atoms with E-state index in [4.69, 9.17) is 0 Å². The zero-order valence-electron chi connectivity index (χ0n) is 18.7. The van der Waals surface area contributed by atoms with Crippen LogP contribution < -0.4 is 10.6 Å². The van der Waals surface area contributed by atoms with Crippen LogP contribution in [0.1, 0.15) is 40.0 Å². The number of nitrogens with one attached hydrogen (secondary N) is 2. The molecular weight excluding hydrogens is 444 g/mol. The Kier molecular flexibility index (Phi) is 7.83. The van der Waals surface area contributed by atoms with Crippen molar-refractivity contribution in [2.75, 3.05) is 39.0 Å². The largest absolute Gasteiger partial charge is 0.343 e. The highest BCUT2D eigenvalue weighted by Crippen LogP contribution is 2.17. The predicted octanol–water partition coefficient (Wildman–Crippen LogP) is 1.93. The molecule has 0 aromatic heterocycles. The summed E-state index contributed by atoms with van der Waals surface area (Å²) in [7, 11) is -0.873. The Morgan fingerprint density at radius 3 is 2.30 bits per heavy atom. The number of piperidine rings is 1. The molecule has 1 fully saturated rings. The zero-order chi connectivity index (χ0) is 24.0. The lowest BCUT2D eigenvalue weighted by Crippen LogP contribution is -2.35. The standard InChI is InChI=1S/C23H28N4O5S/c1-26(2)33(31,32)20-11-7-8-17(15-20)22(29)24-16-21(28)25-19-10-6-9-18(14-19)23(30)27-12-4-3-5-13-27/h6-11,14-15H,3-5,12-13,16H2,1-2H3,(H,24,29)(H,25,28). The quantitative estimate of drug-likeness (QED) is 0.639. The molecule has 2 aromatic rings. The van der Waals surface area contributed by atoms with Gasteiger partial charge in [-0.2, -0.15) is 0 Å². The maximum Gasteiger partial charge on any atom is 0.253 e. The van der Waals surface area contributed by atoms with E-state index in [9.17, 15) is 22.8 Å². The Morgan fingerprint density at radius 1 is 0.939 bits per heavy atom. The van der Waals surface area contributed by atoms with Crippen molar-refractivity contribution in [1.82, 2.24) is 14.5 Å². The van der Waals surface area contributed by atoms with Crippen LogP contribution >= 0.6 is 0 Å². The Labute approximate surface area is 193 Å². The van der Waals surface area contributed by atoms with Gasteiger partial charge in [0.05, 0.1) is 11.4 Å². The number of benzene rings is 2. The fraction of sp³-hybridized carbons (Fsp3) is 0.348. The molecule has 1 aliphatic rings. The van der Waals surface area contributed by atoms with Crippen molar-refractivity contribution in [2.45, 2.75) is 24.2 Å². The molecule has 0 radical (unpaired) electrons. The average molecular weight is 473 g/mol. The summed E-state index contributed by atoms with van der Waals surface area (Å²) in [6, 6.07) is 12.3. The third kappa shape index (κ3) is 6.17. The summed E-state index contributed by atoms with van der Waals surface area (Å²) in [5.41, 5.74) is 1.08. The lowest BCUT2D eigenvalue weighted by Gasteiger charge is -2.26. The summed E-state index contributed by atoms with van der Waals surface area (Å²) < 4.78 is 25.6. The molecule has 9 nitrogen and oxygen atoms in total. The van der Waals surface area contributed by atoms with E-state index in [-0.39, 0.29) is 22.9 Å². The lowest BCUT2D eigenvalue weighted by molar-refractivity contribution is -0.115. The van der Waals surface area contributed by atoms with Crippen LogP contribution in [-0.2, 0) is 14.8 Å². The van der Waals surface area contributed by atoms with Crippen molar-refractivity contribution in [3.63, 3.8) is 0 Å². The second kappa shape index (κ2) is 10.6. The van der Waals surface area contributed by atoms with Gasteiger partial charge in [0.2, 0.25) is 15.9 Å². The maximum absolute atomic E-state index is 12.7. The Bertz CT molecular complexity index is 1140. The number of hydrogen-bond acceptors (Lipinski definition) is 5. The van der Waals surface area contributed by atoms with Gasteiger partial charge in [0.15, 0.2) is 0 Å². The molecule has 3 amide bonds. The van der Waals surface area contributed by atoms with E-state index < -0.39 is 21.8 Å². The molecule has 176 valence electrons. The number of carbonyl (C=O) groups is 3. The highest BCUT2D eigenvalue weighted by Gasteiger charge is 2.20. The van der Waals surface area contributed by atoms with Gasteiger partial charge in [-0.05, 0) is 55.7 Å². The van der Waals surface area contributed by atoms with Crippen LogP contribution in [-0.4, -0.2) is 69.1 Å². The fourth-order valence-electron chi connectivity index (χ4n) is 3.49. The van der Waals surface area contributed by atoms with Crippen LogP contribution in [0.5, 0.6) is 0 Å². The van der Waals surface area contributed by atoms with E-state index in [1.165, 1.54) is 38.4 Å². The van der Waals surface area contributed by atoms with Gasteiger partial charge < -0.3 is 15.5 Å². The van der Waals surface area contributed by atoms with Gasteiger partial charge in [-0.15, -0.1) is 0 Å².